The lowest BCUT2D eigenvalue weighted by Gasteiger charge is -1.93. The summed E-state index contributed by atoms with van der Waals surface area (Å²) in [4.78, 5) is 0. The predicted molar refractivity (Wildman–Crippen MR) is 48.8 cm³/mol. The van der Waals surface area contributed by atoms with Gasteiger partial charge >= 0.3 is 0 Å². The largest absolute Gasteiger partial charge is 0.270 e. The van der Waals surface area contributed by atoms with Crippen LogP contribution >= 0.6 is 27.5 Å². The van der Waals surface area contributed by atoms with Crippen LogP contribution in [0.4, 0.5) is 4.39 Å². The number of aromatic amines is 1. The Morgan fingerprint density at radius 2 is 2.25 bits per heavy atom. The molecule has 0 saturated carbocycles. The summed E-state index contributed by atoms with van der Waals surface area (Å²) >= 11 is 8.89. The lowest BCUT2D eigenvalue weighted by molar-refractivity contribution is 0.630. The first kappa shape index (κ1) is 8.01. The van der Waals surface area contributed by atoms with Crippen molar-refractivity contribution in [3.05, 3.63) is 27.6 Å². The van der Waals surface area contributed by atoms with Crippen molar-refractivity contribution in [2.75, 3.05) is 0 Å². The monoisotopic (exact) mass is 248 g/mol. The van der Waals surface area contributed by atoms with E-state index in [9.17, 15) is 4.39 Å². The summed E-state index contributed by atoms with van der Waals surface area (Å²) in [7, 11) is 0. The zero-order valence-electron chi connectivity index (χ0n) is 5.74. The maximum Gasteiger partial charge on any atom is 0.144 e. The molecule has 1 N–H and O–H groups in total. The summed E-state index contributed by atoms with van der Waals surface area (Å²) in [5.41, 5.74) is 0.448. The molecule has 1 aromatic heterocycles. The van der Waals surface area contributed by atoms with Gasteiger partial charge in [-0.15, -0.1) is 0 Å². The van der Waals surface area contributed by atoms with E-state index in [0.29, 0.717) is 10.1 Å². The average molecular weight is 249 g/mol. The predicted octanol–water partition coefficient (Wildman–Crippen LogP) is 3.12. The van der Waals surface area contributed by atoms with Crippen LogP contribution in [0.25, 0.3) is 10.9 Å². The first-order chi connectivity index (χ1) is 5.70. The highest BCUT2D eigenvalue weighted by molar-refractivity contribution is 9.10. The van der Waals surface area contributed by atoms with E-state index >= 15 is 0 Å². The molecule has 0 aliphatic rings. The Bertz CT molecular complexity index is 440. The maximum absolute atomic E-state index is 12.9. The molecule has 2 rings (SSSR count). The second-order valence-electron chi connectivity index (χ2n) is 2.30. The molecule has 2 nitrogen and oxygen atoms in total. The van der Waals surface area contributed by atoms with Gasteiger partial charge in [0, 0.05) is 5.39 Å². The number of nitrogens with zero attached hydrogens (tertiary/aromatic N) is 1. The molecule has 0 saturated heterocycles. The summed E-state index contributed by atoms with van der Waals surface area (Å²) in [6.07, 6.45) is 0. The third-order valence-corrected chi connectivity index (χ3v) is 2.54. The fraction of sp³-hybridized carbons (Fsp3) is 0. The number of H-pyrrole nitrogens is 1. The topological polar surface area (TPSA) is 28.7 Å². The van der Waals surface area contributed by atoms with E-state index in [1.165, 1.54) is 6.07 Å². The third kappa shape index (κ3) is 1.03. The molecule has 1 heterocycles. The minimum Gasteiger partial charge on any atom is -0.270 e. The number of fused-ring (bicyclic) bond motifs is 1. The number of hydrogen-bond donors (Lipinski definition) is 1. The van der Waals surface area contributed by atoms with Crippen molar-refractivity contribution < 1.29 is 4.39 Å². The Hall–Kier alpha value is -0.610. The quantitative estimate of drug-likeness (QED) is 0.763. The Kier molecular flexibility index (Phi) is 1.81. The Morgan fingerprint density at radius 1 is 1.50 bits per heavy atom. The fourth-order valence-electron chi connectivity index (χ4n) is 0.992. The van der Waals surface area contributed by atoms with Crippen molar-refractivity contribution in [3.63, 3.8) is 0 Å². The van der Waals surface area contributed by atoms with Crippen LogP contribution in [0, 0.1) is 5.82 Å². The van der Waals surface area contributed by atoms with Gasteiger partial charge in [-0.05, 0) is 28.1 Å². The highest BCUT2D eigenvalue weighted by Crippen LogP contribution is 2.28. The molecule has 1 aromatic carbocycles. The van der Waals surface area contributed by atoms with Gasteiger partial charge in [-0.3, -0.25) is 5.10 Å². The van der Waals surface area contributed by atoms with Crippen LogP contribution in [0.5, 0.6) is 0 Å². The van der Waals surface area contributed by atoms with Gasteiger partial charge in [0.15, 0.2) is 0 Å². The van der Waals surface area contributed by atoms with E-state index in [4.69, 9.17) is 11.6 Å². The second kappa shape index (κ2) is 2.71. The minimum atomic E-state index is -0.455. The third-order valence-electron chi connectivity index (χ3n) is 1.57. The molecule has 0 bridgehead atoms. The number of hydrogen-bond acceptors (Lipinski definition) is 1. The Balaban J connectivity index is 2.93. The van der Waals surface area contributed by atoms with Crippen molar-refractivity contribution in [2.45, 2.75) is 0 Å². The van der Waals surface area contributed by atoms with Gasteiger partial charge in [0.25, 0.3) is 0 Å². The highest BCUT2D eigenvalue weighted by atomic mass is 79.9. The van der Waals surface area contributed by atoms with Crippen LogP contribution in [0.3, 0.4) is 0 Å². The van der Waals surface area contributed by atoms with E-state index in [2.05, 4.69) is 26.1 Å². The molecule has 0 atom stereocenters. The summed E-state index contributed by atoms with van der Waals surface area (Å²) in [5.74, 6) is -0.455. The first-order valence-electron chi connectivity index (χ1n) is 3.17. The van der Waals surface area contributed by atoms with Gasteiger partial charge in [0.05, 0.1) is 0 Å². The lowest BCUT2D eigenvalue weighted by atomic mass is 10.2. The number of benzene rings is 1. The maximum atomic E-state index is 12.9. The van der Waals surface area contributed by atoms with Crippen LogP contribution < -0.4 is 0 Å². The Labute approximate surface area is 80.8 Å². The molecule has 2 aromatic rings. The van der Waals surface area contributed by atoms with Gasteiger partial charge in [0.1, 0.15) is 21.0 Å². The van der Waals surface area contributed by atoms with Crippen molar-refractivity contribution in [3.8, 4) is 0 Å². The SMILES string of the molecule is Fc1ccc2c(Br)[nH]nc2c1Cl. The second-order valence-corrected chi connectivity index (χ2v) is 3.47. The molecule has 0 spiro atoms. The lowest BCUT2D eigenvalue weighted by Crippen LogP contribution is -1.77. The van der Waals surface area contributed by atoms with Gasteiger partial charge in [-0.25, -0.2) is 4.39 Å². The number of halogens is 3. The van der Waals surface area contributed by atoms with E-state index < -0.39 is 5.82 Å². The average Bonchev–Trinajstić information content (AvgIpc) is 2.41. The smallest absolute Gasteiger partial charge is 0.144 e. The molecular weight excluding hydrogens is 246 g/mol. The molecule has 12 heavy (non-hydrogen) atoms. The molecule has 0 unspecified atom stereocenters. The summed E-state index contributed by atoms with van der Waals surface area (Å²) in [5, 5.41) is 7.32. The first-order valence-corrected chi connectivity index (χ1v) is 4.35. The normalized spacial score (nSPS) is 10.9. The van der Waals surface area contributed by atoms with Gasteiger partial charge in [-0.2, -0.15) is 5.10 Å². The fourth-order valence-corrected chi connectivity index (χ4v) is 1.61. The van der Waals surface area contributed by atoms with Crippen LogP contribution in [-0.4, -0.2) is 10.2 Å². The number of nitrogens with one attached hydrogen (secondary N) is 1. The van der Waals surface area contributed by atoms with E-state index in [-0.39, 0.29) is 5.02 Å². The summed E-state index contributed by atoms with van der Waals surface area (Å²) < 4.78 is 13.6. The minimum absolute atomic E-state index is 0.0504. The van der Waals surface area contributed by atoms with E-state index in [1.54, 1.807) is 6.07 Å². The molecule has 0 amide bonds. The zero-order chi connectivity index (χ0) is 8.72. The molecule has 5 heteroatoms. The van der Waals surface area contributed by atoms with E-state index in [0.717, 1.165) is 5.39 Å². The van der Waals surface area contributed by atoms with Crippen molar-refractivity contribution in [2.24, 2.45) is 0 Å². The van der Waals surface area contributed by atoms with Crippen LogP contribution in [0.1, 0.15) is 0 Å². The Morgan fingerprint density at radius 3 is 3.00 bits per heavy atom. The van der Waals surface area contributed by atoms with Crippen molar-refractivity contribution in [1.29, 1.82) is 0 Å². The number of aromatic nitrogens is 2. The highest BCUT2D eigenvalue weighted by Gasteiger charge is 2.09. The molecule has 0 fully saturated rings. The van der Waals surface area contributed by atoms with Gasteiger partial charge < -0.3 is 0 Å². The van der Waals surface area contributed by atoms with Crippen LogP contribution in [0.2, 0.25) is 5.02 Å². The molecule has 0 aliphatic carbocycles. The van der Waals surface area contributed by atoms with Crippen molar-refractivity contribution >= 4 is 38.4 Å². The summed E-state index contributed by atoms with van der Waals surface area (Å²) in [6, 6.07) is 2.93. The molecular formula is C7H3BrClFN2. The molecule has 0 aliphatic heterocycles. The standard InChI is InChI=1S/C7H3BrClFN2/c8-7-3-1-2-4(10)5(9)6(3)11-12-7/h1-2H,(H,11,12). The van der Waals surface area contributed by atoms with Crippen LogP contribution in [-0.2, 0) is 0 Å². The number of rotatable bonds is 0. The van der Waals surface area contributed by atoms with Gasteiger partial charge in [-0.1, -0.05) is 11.6 Å². The van der Waals surface area contributed by atoms with Crippen LogP contribution in [0.15, 0.2) is 16.7 Å². The van der Waals surface area contributed by atoms with Crippen molar-refractivity contribution in [1.82, 2.24) is 10.2 Å². The molecule has 62 valence electrons. The van der Waals surface area contributed by atoms with E-state index in [1.807, 2.05) is 0 Å². The molecule has 0 radical (unpaired) electrons. The van der Waals surface area contributed by atoms with Gasteiger partial charge in [0.2, 0.25) is 0 Å². The zero-order valence-corrected chi connectivity index (χ0v) is 8.08. The summed E-state index contributed by atoms with van der Waals surface area (Å²) in [6.45, 7) is 0.